The zero-order valence-corrected chi connectivity index (χ0v) is 7.33. The molecule has 0 spiro atoms. The lowest BCUT2D eigenvalue weighted by Crippen LogP contribution is -2.16. The van der Waals surface area contributed by atoms with Gasteiger partial charge in [0.1, 0.15) is 11.8 Å². The Morgan fingerprint density at radius 2 is 2.46 bits per heavy atom. The van der Waals surface area contributed by atoms with Gasteiger partial charge < -0.3 is 5.32 Å². The first-order chi connectivity index (χ1) is 6.40. The van der Waals surface area contributed by atoms with Crippen LogP contribution in [0.4, 0.5) is 0 Å². The molecule has 3 nitrogen and oxygen atoms in total. The lowest BCUT2D eigenvalue weighted by atomic mass is 10.2. The van der Waals surface area contributed by atoms with E-state index >= 15 is 0 Å². The van der Waals surface area contributed by atoms with Crippen molar-refractivity contribution in [3.8, 4) is 6.07 Å². The highest BCUT2D eigenvalue weighted by atomic mass is 14.9. The van der Waals surface area contributed by atoms with Gasteiger partial charge in [0.25, 0.3) is 0 Å². The molecular formula is C10H11N3. The van der Waals surface area contributed by atoms with Crippen LogP contribution in [0.15, 0.2) is 18.3 Å². The molecule has 1 N–H and O–H groups in total. The van der Waals surface area contributed by atoms with Crippen LogP contribution in [0.25, 0.3) is 0 Å². The second kappa shape index (κ2) is 3.55. The average molecular weight is 173 g/mol. The van der Waals surface area contributed by atoms with E-state index < -0.39 is 0 Å². The predicted octanol–water partition coefficient (Wildman–Crippen LogP) is 1.21. The number of aromatic nitrogens is 1. The van der Waals surface area contributed by atoms with Crippen LogP contribution in [-0.2, 0) is 6.54 Å². The van der Waals surface area contributed by atoms with Crippen molar-refractivity contribution < 1.29 is 0 Å². The van der Waals surface area contributed by atoms with Crippen molar-refractivity contribution in [3.63, 3.8) is 0 Å². The lowest BCUT2D eigenvalue weighted by molar-refractivity contribution is 0.684. The summed E-state index contributed by atoms with van der Waals surface area (Å²) >= 11 is 0. The summed E-state index contributed by atoms with van der Waals surface area (Å²) in [6, 6.07) is 6.57. The fraction of sp³-hybridized carbons (Fsp3) is 0.400. The first-order valence-corrected chi connectivity index (χ1v) is 4.47. The third kappa shape index (κ3) is 2.04. The number of pyridine rings is 1. The molecule has 13 heavy (non-hydrogen) atoms. The topological polar surface area (TPSA) is 48.7 Å². The van der Waals surface area contributed by atoms with E-state index in [-0.39, 0.29) is 0 Å². The molecule has 0 atom stereocenters. The summed E-state index contributed by atoms with van der Waals surface area (Å²) in [5.41, 5.74) is 1.53. The standard InChI is InChI=1S/C10H11N3/c11-6-10-8(2-1-5-12-10)7-13-9-3-4-9/h1-2,5,9,13H,3-4,7H2. The van der Waals surface area contributed by atoms with Crippen molar-refractivity contribution in [3.05, 3.63) is 29.6 Å². The third-order valence-corrected chi connectivity index (χ3v) is 2.16. The van der Waals surface area contributed by atoms with Gasteiger partial charge in [0.05, 0.1) is 0 Å². The first kappa shape index (κ1) is 8.21. The van der Waals surface area contributed by atoms with Gasteiger partial charge in [-0.25, -0.2) is 4.98 Å². The molecule has 66 valence electrons. The highest BCUT2D eigenvalue weighted by Crippen LogP contribution is 2.19. The fourth-order valence-corrected chi connectivity index (χ4v) is 1.22. The van der Waals surface area contributed by atoms with Crippen LogP contribution < -0.4 is 5.32 Å². The molecule has 1 aliphatic rings. The maximum atomic E-state index is 8.76. The Balaban J connectivity index is 2.05. The molecule has 1 aromatic rings. The van der Waals surface area contributed by atoms with Gasteiger partial charge in [-0.1, -0.05) is 6.07 Å². The predicted molar refractivity (Wildman–Crippen MR) is 48.8 cm³/mol. The lowest BCUT2D eigenvalue weighted by Gasteiger charge is -2.03. The van der Waals surface area contributed by atoms with Crippen LogP contribution in [-0.4, -0.2) is 11.0 Å². The van der Waals surface area contributed by atoms with Gasteiger partial charge in [-0.15, -0.1) is 0 Å². The average Bonchev–Trinajstić information content (AvgIpc) is 2.99. The summed E-state index contributed by atoms with van der Waals surface area (Å²) in [4.78, 5) is 3.99. The van der Waals surface area contributed by atoms with E-state index in [0.29, 0.717) is 11.7 Å². The molecule has 0 bridgehead atoms. The molecule has 1 saturated carbocycles. The van der Waals surface area contributed by atoms with Crippen molar-refractivity contribution in [2.24, 2.45) is 0 Å². The van der Waals surface area contributed by atoms with E-state index in [4.69, 9.17) is 5.26 Å². The maximum absolute atomic E-state index is 8.76. The van der Waals surface area contributed by atoms with Gasteiger partial charge in [-0.2, -0.15) is 5.26 Å². The van der Waals surface area contributed by atoms with E-state index in [0.717, 1.165) is 12.1 Å². The van der Waals surface area contributed by atoms with Gasteiger partial charge in [-0.05, 0) is 18.9 Å². The Morgan fingerprint density at radius 1 is 1.62 bits per heavy atom. The van der Waals surface area contributed by atoms with Crippen LogP contribution >= 0.6 is 0 Å². The van der Waals surface area contributed by atoms with Crippen LogP contribution in [0.2, 0.25) is 0 Å². The van der Waals surface area contributed by atoms with Gasteiger partial charge in [0.15, 0.2) is 0 Å². The summed E-state index contributed by atoms with van der Waals surface area (Å²) in [5.74, 6) is 0. The van der Waals surface area contributed by atoms with E-state index in [2.05, 4.69) is 16.4 Å². The fourth-order valence-electron chi connectivity index (χ4n) is 1.22. The molecule has 2 rings (SSSR count). The Morgan fingerprint density at radius 3 is 3.15 bits per heavy atom. The van der Waals surface area contributed by atoms with Crippen LogP contribution in [0.5, 0.6) is 0 Å². The first-order valence-electron chi connectivity index (χ1n) is 4.47. The van der Waals surface area contributed by atoms with Gasteiger partial charge in [0.2, 0.25) is 0 Å². The molecule has 0 saturated heterocycles. The summed E-state index contributed by atoms with van der Waals surface area (Å²) in [7, 11) is 0. The molecule has 1 aromatic heterocycles. The van der Waals surface area contributed by atoms with Crippen molar-refractivity contribution in [2.45, 2.75) is 25.4 Å². The highest BCUT2D eigenvalue weighted by molar-refractivity contribution is 5.30. The Hall–Kier alpha value is -1.40. The number of hydrogen-bond acceptors (Lipinski definition) is 3. The number of nitriles is 1. The number of rotatable bonds is 3. The number of hydrogen-bond donors (Lipinski definition) is 1. The Bertz CT molecular complexity index is 336. The molecule has 0 aliphatic heterocycles. The molecule has 3 heteroatoms. The van der Waals surface area contributed by atoms with Crippen molar-refractivity contribution in [2.75, 3.05) is 0 Å². The molecule has 1 heterocycles. The number of nitrogens with one attached hydrogen (secondary N) is 1. The van der Waals surface area contributed by atoms with Crippen LogP contribution in [0, 0.1) is 11.3 Å². The summed E-state index contributed by atoms with van der Waals surface area (Å²) in [5, 5.41) is 12.1. The van der Waals surface area contributed by atoms with E-state index in [1.165, 1.54) is 12.8 Å². The summed E-state index contributed by atoms with van der Waals surface area (Å²) in [6.07, 6.45) is 4.18. The molecule has 0 radical (unpaired) electrons. The minimum Gasteiger partial charge on any atom is -0.310 e. The molecule has 0 aromatic carbocycles. The monoisotopic (exact) mass is 173 g/mol. The molecular weight excluding hydrogens is 162 g/mol. The SMILES string of the molecule is N#Cc1ncccc1CNC1CC1. The Labute approximate surface area is 77.4 Å². The van der Waals surface area contributed by atoms with Crippen molar-refractivity contribution >= 4 is 0 Å². The van der Waals surface area contributed by atoms with Crippen molar-refractivity contribution in [1.82, 2.24) is 10.3 Å². The van der Waals surface area contributed by atoms with Gasteiger partial charge >= 0.3 is 0 Å². The normalized spacial score (nSPS) is 15.3. The second-order valence-electron chi connectivity index (χ2n) is 3.28. The third-order valence-electron chi connectivity index (χ3n) is 2.16. The van der Waals surface area contributed by atoms with Gasteiger partial charge in [-0.3, -0.25) is 0 Å². The zero-order valence-electron chi connectivity index (χ0n) is 7.33. The van der Waals surface area contributed by atoms with Crippen LogP contribution in [0.1, 0.15) is 24.1 Å². The summed E-state index contributed by atoms with van der Waals surface area (Å²) in [6.45, 7) is 0.765. The minimum absolute atomic E-state index is 0.538. The zero-order chi connectivity index (χ0) is 9.10. The van der Waals surface area contributed by atoms with E-state index in [1.54, 1.807) is 6.20 Å². The smallest absolute Gasteiger partial charge is 0.144 e. The quantitative estimate of drug-likeness (QED) is 0.747. The molecule has 0 unspecified atom stereocenters. The largest absolute Gasteiger partial charge is 0.310 e. The van der Waals surface area contributed by atoms with E-state index in [1.807, 2.05) is 12.1 Å². The Kier molecular flexibility index (Phi) is 2.24. The molecule has 0 amide bonds. The molecule has 1 fully saturated rings. The second-order valence-corrected chi connectivity index (χ2v) is 3.28. The molecule has 1 aliphatic carbocycles. The maximum Gasteiger partial charge on any atom is 0.144 e. The van der Waals surface area contributed by atoms with Crippen LogP contribution in [0.3, 0.4) is 0 Å². The number of nitrogens with zero attached hydrogens (tertiary/aromatic N) is 2. The van der Waals surface area contributed by atoms with Crippen molar-refractivity contribution in [1.29, 1.82) is 5.26 Å². The van der Waals surface area contributed by atoms with E-state index in [9.17, 15) is 0 Å². The minimum atomic E-state index is 0.538. The summed E-state index contributed by atoms with van der Waals surface area (Å²) < 4.78 is 0. The highest BCUT2D eigenvalue weighted by Gasteiger charge is 2.20. The van der Waals surface area contributed by atoms with Gasteiger partial charge in [0, 0.05) is 24.3 Å².